The zero-order chi connectivity index (χ0) is 20.3. The Morgan fingerprint density at radius 1 is 1.21 bits per heavy atom. The zero-order valence-electron chi connectivity index (χ0n) is 15.6. The molecular formula is C21H22ClNO5. The molecule has 0 saturated heterocycles. The van der Waals surface area contributed by atoms with Gasteiger partial charge < -0.3 is 19.9 Å². The molecule has 1 aliphatic carbocycles. The predicted molar refractivity (Wildman–Crippen MR) is 106 cm³/mol. The normalized spacial score (nSPS) is 18.8. The van der Waals surface area contributed by atoms with E-state index in [2.05, 4.69) is 5.32 Å². The van der Waals surface area contributed by atoms with Gasteiger partial charge in [-0.1, -0.05) is 23.7 Å². The number of ketones is 1. The molecule has 0 radical (unpaired) electrons. The Labute approximate surface area is 168 Å². The molecule has 0 aliphatic heterocycles. The van der Waals surface area contributed by atoms with Crippen LogP contribution in [0.25, 0.3) is 0 Å². The maximum absolute atomic E-state index is 12.2. The van der Waals surface area contributed by atoms with Gasteiger partial charge in [-0.15, -0.1) is 0 Å². The van der Waals surface area contributed by atoms with Gasteiger partial charge in [-0.3, -0.25) is 9.59 Å². The van der Waals surface area contributed by atoms with E-state index in [-0.39, 0.29) is 17.6 Å². The maximum atomic E-state index is 12.2. The predicted octanol–water partition coefficient (Wildman–Crippen LogP) is 4.19. The molecule has 2 aromatic carbocycles. The van der Waals surface area contributed by atoms with E-state index < -0.39 is 12.0 Å². The highest BCUT2D eigenvalue weighted by Gasteiger charge is 2.43. The first kappa shape index (κ1) is 20.0. The van der Waals surface area contributed by atoms with E-state index in [1.54, 1.807) is 49.6 Å². The van der Waals surface area contributed by atoms with Crippen LogP contribution in [0.4, 0.5) is 5.69 Å². The molecule has 0 bridgehead atoms. The van der Waals surface area contributed by atoms with E-state index in [1.807, 2.05) is 0 Å². The van der Waals surface area contributed by atoms with E-state index in [1.165, 1.54) is 6.92 Å². The van der Waals surface area contributed by atoms with Crippen molar-refractivity contribution in [2.45, 2.75) is 19.4 Å². The van der Waals surface area contributed by atoms with Gasteiger partial charge in [0.15, 0.2) is 5.78 Å². The van der Waals surface area contributed by atoms with Crippen LogP contribution in [0.15, 0.2) is 42.5 Å². The minimum Gasteiger partial charge on any atom is -0.497 e. The van der Waals surface area contributed by atoms with Gasteiger partial charge in [0, 0.05) is 34.8 Å². The van der Waals surface area contributed by atoms with Gasteiger partial charge in [0.1, 0.15) is 17.5 Å². The zero-order valence-corrected chi connectivity index (χ0v) is 16.4. The number of hydrogen-bond donors (Lipinski definition) is 2. The number of carboxylic acid groups (broad SMARTS) is 1. The van der Waals surface area contributed by atoms with Gasteiger partial charge in [0.2, 0.25) is 0 Å². The van der Waals surface area contributed by atoms with Gasteiger partial charge in [-0.05, 0) is 31.0 Å². The number of methoxy groups -OCH3 is 1. The Kier molecular flexibility index (Phi) is 6.09. The quantitative estimate of drug-likeness (QED) is 0.653. The Hall–Kier alpha value is -2.73. The average molecular weight is 404 g/mol. The van der Waals surface area contributed by atoms with E-state index in [0.29, 0.717) is 35.2 Å². The lowest BCUT2D eigenvalue weighted by molar-refractivity contribution is -0.139. The number of benzene rings is 2. The molecule has 148 valence electrons. The second-order valence-corrected chi connectivity index (χ2v) is 7.32. The summed E-state index contributed by atoms with van der Waals surface area (Å²) in [5.74, 6) is -0.00149. The molecule has 3 unspecified atom stereocenters. The van der Waals surface area contributed by atoms with Crippen molar-refractivity contribution in [1.29, 1.82) is 0 Å². The van der Waals surface area contributed by atoms with Crippen LogP contribution >= 0.6 is 11.6 Å². The van der Waals surface area contributed by atoms with Crippen LogP contribution in [-0.2, 0) is 9.59 Å². The third kappa shape index (κ3) is 4.95. The van der Waals surface area contributed by atoms with Gasteiger partial charge in [-0.2, -0.15) is 0 Å². The number of aliphatic carboxylic acids is 1. The fourth-order valence-electron chi connectivity index (χ4n) is 3.04. The van der Waals surface area contributed by atoms with Gasteiger partial charge in [0.25, 0.3) is 0 Å². The molecule has 0 amide bonds. The van der Waals surface area contributed by atoms with Crippen LogP contribution in [0, 0.1) is 11.8 Å². The van der Waals surface area contributed by atoms with Gasteiger partial charge >= 0.3 is 5.97 Å². The van der Waals surface area contributed by atoms with Gasteiger partial charge in [-0.25, -0.2) is 0 Å². The summed E-state index contributed by atoms with van der Waals surface area (Å²) < 4.78 is 11.1. The Balaban J connectivity index is 1.75. The van der Waals surface area contributed by atoms with Crippen molar-refractivity contribution in [3.05, 3.63) is 53.1 Å². The number of rotatable bonds is 9. The maximum Gasteiger partial charge on any atom is 0.306 e. The van der Waals surface area contributed by atoms with Crippen molar-refractivity contribution in [1.82, 2.24) is 0 Å². The summed E-state index contributed by atoms with van der Waals surface area (Å²) in [6.07, 6.45) is 0.632. The summed E-state index contributed by atoms with van der Waals surface area (Å²) in [6, 6.07) is 11.8. The topological polar surface area (TPSA) is 84.9 Å². The molecule has 1 fully saturated rings. The molecule has 3 atom stereocenters. The molecule has 0 spiro atoms. The van der Waals surface area contributed by atoms with E-state index in [4.69, 9.17) is 26.2 Å². The summed E-state index contributed by atoms with van der Waals surface area (Å²) in [6.45, 7) is 1.85. The molecule has 0 aromatic heterocycles. The summed E-state index contributed by atoms with van der Waals surface area (Å²) in [7, 11) is 1.55. The minimum absolute atomic E-state index is 0.0270. The Bertz CT molecular complexity index is 868. The first-order valence-corrected chi connectivity index (χ1v) is 9.32. The highest BCUT2D eigenvalue weighted by atomic mass is 35.5. The number of carboxylic acids is 1. The lowest BCUT2D eigenvalue weighted by Gasteiger charge is -2.19. The summed E-state index contributed by atoms with van der Waals surface area (Å²) >= 11 is 5.94. The van der Waals surface area contributed by atoms with Crippen molar-refractivity contribution in [3.63, 3.8) is 0 Å². The third-order valence-electron chi connectivity index (χ3n) is 4.74. The largest absolute Gasteiger partial charge is 0.497 e. The van der Waals surface area contributed by atoms with Crippen LogP contribution in [0.1, 0.15) is 24.9 Å². The third-order valence-corrected chi connectivity index (χ3v) is 4.99. The first-order chi connectivity index (χ1) is 13.4. The number of nitrogens with one attached hydrogen (secondary N) is 1. The monoisotopic (exact) mass is 403 g/mol. The fourth-order valence-corrected chi connectivity index (χ4v) is 3.16. The SMILES string of the molecule is COc1cc(NC(C(C)=O)c2ccc(Cl)cc2)cc(OCC2CC2C(=O)O)c1. The minimum atomic E-state index is -0.783. The van der Waals surface area contributed by atoms with Crippen molar-refractivity contribution < 1.29 is 24.2 Å². The number of ether oxygens (including phenoxy) is 2. The summed E-state index contributed by atoms with van der Waals surface area (Å²) in [5.41, 5.74) is 1.46. The van der Waals surface area contributed by atoms with Crippen molar-refractivity contribution in [2.75, 3.05) is 19.0 Å². The van der Waals surface area contributed by atoms with Crippen LogP contribution in [-0.4, -0.2) is 30.6 Å². The Morgan fingerprint density at radius 2 is 1.89 bits per heavy atom. The average Bonchev–Trinajstić information content (AvgIpc) is 3.45. The highest BCUT2D eigenvalue weighted by Crippen LogP contribution is 2.39. The van der Waals surface area contributed by atoms with E-state index >= 15 is 0 Å². The number of Topliss-reactive ketones (excluding diaryl/α,β-unsaturated/α-hetero) is 1. The Morgan fingerprint density at radius 3 is 2.46 bits per heavy atom. The highest BCUT2D eigenvalue weighted by molar-refractivity contribution is 6.30. The van der Waals surface area contributed by atoms with Crippen molar-refractivity contribution in [2.24, 2.45) is 11.8 Å². The molecular weight excluding hydrogens is 382 g/mol. The molecule has 2 N–H and O–H groups in total. The lowest BCUT2D eigenvalue weighted by atomic mass is 10.0. The molecule has 1 aliphatic rings. The first-order valence-electron chi connectivity index (χ1n) is 8.94. The van der Waals surface area contributed by atoms with Crippen molar-refractivity contribution >= 4 is 29.0 Å². The smallest absolute Gasteiger partial charge is 0.306 e. The number of carbonyl (C=O) groups excluding carboxylic acids is 1. The van der Waals surface area contributed by atoms with Crippen LogP contribution in [0.5, 0.6) is 11.5 Å². The second kappa shape index (κ2) is 8.52. The standard InChI is InChI=1S/C21H22ClNO5/c1-12(24)20(13-3-5-15(22)6-4-13)23-16-8-17(27-2)10-18(9-16)28-11-14-7-19(14)21(25)26/h3-6,8-10,14,19-20,23H,7,11H2,1-2H3,(H,25,26). The number of anilines is 1. The van der Waals surface area contributed by atoms with Gasteiger partial charge in [0.05, 0.1) is 19.6 Å². The van der Waals surface area contributed by atoms with Crippen molar-refractivity contribution in [3.8, 4) is 11.5 Å². The number of halogens is 1. The molecule has 2 aromatic rings. The van der Waals surface area contributed by atoms with Crippen LogP contribution in [0.2, 0.25) is 5.02 Å². The molecule has 28 heavy (non-hydrogen) atoms. The second-order valence-electron chi connectivity index (χ2n) is 6.89. The molecule has 3 rings (SSSR count). The van der Waals surface area contributed by atoms with E-state index in [0.717, 1.165) is 5.56 Å². The summed E-state index contributed by atoms with van der Waals surface area (Å²) in [4.78, 5) is 23.1. The molecule has 7 heteroatoms. The number of hydrogen-bond acceptors (Lipinski definition) is 5. The lowest BCUT2D eigenvalue weighted by Crippen LogP contribution is -2.18. The number of carbonyl (C=O) groups is 2. The molecule has 1 saturated carbocycles. The van der Waals surface area contributed by atoms with Crippen LogP contribution < -0.4 is 14.8 Å². The fraction of sp³-hybridized carbons (Fsp3) is 0.333. The molecule has 6 nitrogen and oxygen atoms in total. The summed E-state index contributed by atoms with van der Waals surface area (Å²) in [5, 5.41) is 12.8. The van der Waals surface area contributed by atoms with Crippen LogP contribution in [0.3, 0.4) is 0 Å². The van der Waals surface area contributed by atoms with E-state index in [9.17, 15) is 9.59 Å². The molecule has 0 heterocycles.